The van der Waals surface area contributed by atoms with E-state index in [2.05, 4.69) is 10.3 Å². The van der Waals surface area contributed by atoms with Crippen LogP contribution in [0.15, 0.2) is 35.7 Å². The molecule has 0 fully saturated rings. The molecule has 0 aliphatic rings. The van der Waals surface area contributed by atoms with E-state index in [0.717, 1.165) is 16.3 Å². The molecule has 110 valence electrons. The molecule has 0 spiro atoms. The fourth-order valence-corrected chi connectivity index (χ4v) is 3.07. The third-order valence-electron chi connectivity index (χ3n) is 3.05. The number of carbonyl (C=O) groups is 1. The van der Waals surface area contributed by atoms with E-state index >= 15 is 0 Å². The summed E-state index contributed by atoms with van der Waals surface area (Å²) in [6.07, 6.45) is 0. The first-order valence-corrected chi connectivity index (χ1v) is 7.84. The Labute approximate surface area is 133 Å². The summed E-state index contributed by atoms with van der Waals surface area (Å²) in [6.45, 7) is 3.83. The van der Waals surface area contributed by atoms with Gasteiger partial charge in [0.25, 0.3) is 0 Å². The lowest BCUT2D eigenvalue weighted by Crippen LogP contribution is -2.37. The van der Waals surface area contributed by atoms with Gasteiger partial charge in [0.1, 0.15) is 10.9 Å². The Balaban J connectivity index is 2.15. The van der Waals surface area contributed by atoms with Crippen molar-refractivity contribution in [3.05, 3.63) is 52.0 Å². The van der Waals surface area contributed by atoms with Crippen LogP contribution < -0.4 is 11.1 Å². The molecule has 0 aliphatic heterocycles. The van der Waals surface area contributed by atoms with Crippen molar-refractivity contribution in [1.82, 2.24) is 10.3 Å². The van der Waals surface area contributed by atoms with Crippen LogP contribution in [0, 0.1) is 6.92 Å². The predicted molar refractivity (Wildman–Crippen MR) is 89.4 cm³/mol. The van der Waals surface area contributed by atoms with Gasteiger partial charge in [-0.25, -0.2) is 4.98 Å². The Morgan fingerprint density at radius 2 is 2.05 bits per heavy atom. The van der Waals surface area contributed by atoms with Crippen molar-refractivity contribution >= 4 is 34.5 Å². The third kappa shape index (κ3) is 3.86. The highest BCUT2D eigenvalue weighted by molar-refractivity contribution is 7.80. The maximum Gasteiger partial charge on any atom is 0.234 e. The minimum atomic E-state index is -0.621. The average Bonchev–Trinajstić information content (AvgIpc) is 2.86. The fraction of sp³-hybridized carbons (Fsp3) is 0.267. The zero-order valence-electron chi connectivity index (χ0n) is 11.9. The van der Waals surface area contributed by atoms with Crippen LogP contribution in [0.2, 0.25) is 0 Å². The molecule has 3 N–H and O–H groups in total. The van der Waals surface area contributed by atoms with E-state index in [1.54, 1.807) is 0 Å². The number of amides is 1. The van der Waals surface area contributed by atoms with Crippen LogP contribution in [0.3, 0.4) is 0 Å². The molecule has 4 nitrogen and oxygen atoms in total. The quantitative estimate of drug-likeness (QED) is 0.832. The smallest absolute Gasteiger partial charge is 0.234 e. The topological polar surface area (TPSA) is 68.0 Å². The zero-order chi connectivity index (χ0) is 15.4. The fourth-order valence-electron chi connectivity index (χ4n) is 2.02. The number of nitrogens with one attached hydrogen (secondary N) is 1. The van der Waals surface area contributed by atoms with E-state index in [0.29, 0.717) is 0 Å². The van der Waals surface area contributed by atoms with E-state index in [9.17, 15) is 4.79 Å². The van der Waals surface area contributed by atoms with Gasteiger partial charge in [-0.1, -0.05) is 42.5 Å². The number of hydrogen-bond donors (Lipinski definition) is 2. The Bertz CT molecular complexity index is 639. The largest absolute Gasteiger partial charge is 0.392 e. The van der Waals surface area contributed by atoms with E-state index < -0.39 is 5.92 Å². The van der Waals surface area contributed by atoms with Gasteiger partial charge in [0.2, 0.25) is 5.91 Å². The highest BCUT2D eigenvalue weighted by Gasteiger charge is 2.25. The van der Waals surface area contributed by atoms with Crippen LogP contribution in [-0.4, -0.2) is 15.9 Å². The number of aromatic nitrogens is 1. The van der Waals surface area contributed by atoms with Crippen LogP contribution in [-0.2, 0) is 4.79 Å². The van der Waals surface area contributed by atoms with Crippen molar-refractivity contribution in [3.63, 3.8) is 0 Å². The molecule has 0 saturated heterocycles. The highest BCUT2D eigenvalue weighted by atomic mass is 32.1. The van der Waals surface area contributed by atoms with Crippen molar-refractivity contribution in [1.29, 1.82) is 0 Å². The van der Waals surface area contributed by atoms with Crippen LogP contribution in [0.25, 0.3) is 0 Å². The second-order valence-electron chi connectivity index (χ2n) is 4.80. The molecular weight excluding hydrogens is 302 g/mol. The Hall–Kier alpha value is -1.79. The summed E-state index contributed by atoms with van der Waals surface area (Å²) in [5, 5.41) is 5.76. The second kappa shape index (κ2) is 6.78. The summed E-state index contributed by atoms with van der Waals surface area (Å²) in [4.78, 5) is 17.0. The first-order chi connectivity index (χ1) is 9.99. The number of rotatable bonds is 5. The summed E-state index contributed by atoms with van der Waals surface area (Å²) in [6, 6.07) is 9.14. The monoisotopic (exact) mass is 319 g/mol. The lowest BCUT2D eigenvalue weighted by Gasteiger charge is -2.18. The third-order valence-corrected chi connectivity index (χ3v) is 4.43. The first-order valence-electron chi connectivity index (χ1n) is 6.55. The SMILES string of the molecule is Cc1csc(C(C)NC(=O)C(C(N)=S)c2ccccc2)n1. The van der Waals surface area contributed by atoms with Crippen molar-refractivity contribution < 1.29 is 4.79 Å². The van der Waals surface area contributed by atoms with Gasteiger partial charge in [-0.3, -0.25) is 4.79 Å². The maximum absolute atomic E-state index is 12.5. The normalized spacial score (nSPS) is 13.4. The van der Waals surface area contributed by atoms with Gasteiger partial charge in [-0.2, -0.15) is 0 Å². The zero-order valence-corrected chi connectivity index (χ0v) is 13.5. The molecule has 0 saturated carbocycles. The van der Waals surface area contributed by atoms with Crippen molar-refractivity contribution in [3.8, 4) is 0 Å². The van der Waals surface area contributed by atoms with Gasteiger partial charge >= 0.3 is 0 Å². The standard InChI is InChI=1S/C15H17N3OS2/c1-9-8-21-15(17-9)10(2)18-14(19)12(13(16)20)11-6-4-3-5-7-11/h3-8,10,12H,1-2H3,(H2,16,20)(H,18,19). The molecule has 2 unspecified atom stereocenters. The molecule has 0 radical (unpaired) electrons. The van der Waals surface area contributed by atoms with Crippen LogP contribution in [0.4, 0.5) is 0 Å². The summed E-state index contributed by atoms with van der Waals surface area (Å²) in [7, 11) is 0. The van der Waals surface area contributed by atoms with E-state index in [1.165, 1.54) is 11.3 Å². The minimum Gasteiger partial charge on any atom is -0.392 e. The van der Waals surface area contributed by atoms with E-state index in [1.807, 2.05) is 49.6 Å². The molecule has 2 aromatic rings. The molecule has 6 heteroatoms. The average molecular weight is 319 g/mol. The molecule has 21 heavy (non-hydrogen) atoms. The summed E-state index contributed by atoms with van der Waals surface area (Å²) >= 11 is 6.58. The number of carbonyl (C=O) groups excluding carboxylic acids is 1. The molecule has 1 aromatic carbocycles. The van der Waals surface area contributed by atoms with Crippen molar-refractivity contribution in [2.45, 2.75) is 25.8 Å². The Morgan fingerprint density at radius 1 is 1.38 bits per heavy atom. The predicted octanol–water partition coefficient (Wildman–Crippen LogP) is 2.70. The lowest BCUT2D eigenvalue weighted by atomic mass is 9.98. The number of thiazole rings is 1. The van der Waals surface area contributed by atoms with Crippen LogP contribution in [0.5, 0.6) is 0 Å². The summed E-state index contributed by atoms with van der Waals surface area (Å²) in [5.41, 5.74) is 7.49. The maximum atomic E-state index is 12.5. The van der Waals surface area contributed by atoms with E-state index in [4.69, 9.17) is 18.0 Å². The molecule has 2 rings (SSSR count). The summed E-state index contributed by atoms with van der Waals surface area (Å²) in [5.74, 6) is -0.821. The van der Waals surface area contributed by atoms with Gasteiger partial charge in [0.15, 0.2) is 0 Å². The molecule has 1 aromatic heterocycles. The number of hydrogen-bond acceptors (Lipinski definition) is 4. The number of thiocarbonyl (C=S) groups is 1. The molecular formula is C15H17N3OS2. The molecule has 1 amide bonds. The molecule has 0 aliphatic carbocycles. The lowest BCUT2D eigenvalue weighted by molar-refractivity contribution is -0.121. The van der Waals surface area contributed by atoms with Crippen molar-refractivity contribution in [2.75, 3.05) is 0 Å². The Kier molecular flexibility index (Phi) is 5.03. The number of nitrogens with zero attached hydrogens (tertiary/aromatic N) is 1. The van der Waals surface area contributed by atoms with Gasteiger partial charge in [0, 0.05) is 11.1 Å². The van der Waals surface area contributed by atoms with Gasteiger partial charge < -0.3 is 11.1 Å². The van der Waals surface area contributed by atoms with Gasteiger partial charge in [0.05, 0.1) is 11.0 Å². The minimum absolute atomic E-state index is 0.168. The van der Waals surface area contributed by atoms with Gasteiger partial charge in [-0.05, 0) is 19.4 Å². The molecule has 2 atom stereocenters. The van der Waals surface area contributed by atoms with Crippen LogP contribution in [0.1, 0.15) is 35.1 Å². The first kappa shape index (κ1) is 15.6. The van der Waals surface area contributed by atoms with Crippen molar-refractivity contribution in [2.24, 2.45) is 5.73 Å². The second-order valence-corrected chi connectivity index (χ2v) is 6.16. The molecule has 1 heterocycles. The van der Waals surface area contributed by atoms with E-state index in [-0.39, 0.29) is 16.9 Å². The highest BCUT2D eigenvalue weighted by Crippen LogP contribution is 2.21. The van der Waals surface area contributed by atoms with Gasteiger partial charge in [-0.15, -0.1) is 11.3 Å². The molecule has 0 bridgehead atoms. The van der Waals surface area contributed by atoms with Crippen LogP contribution >= 0.6 is 23.6 Å². The number of nitrogens with two attached hydrogens (primary N) is 1. The number of benzene rings is 1. The summed E-state index contributed by atoms with van der Waals surface area (Å²) < 4.78 is 0. The Morgan fingerprint density at radius 3 is 2.57 bits per heavy atom. The number of aryl methyl sites for hydroxylation is 1.